The minimum Gasteiger partial charge on any atom is -0.490 e. The molecule has 1 aromatic carbocycles. The summed E-state index contributed by atoms with van der Waals surface area (Å²) in [4.78, 5) is 6.49. The number of aromatic nitrogens is 3. The van der Waals surface area contributed by atoms with Crippen LogP contribution in [0, 0.1) is 5.82 Å². The van der Waals surface area contributed by atoms with Gasteiger partial charge in [-0.1, -0.05) is 31.2 Å². The minimum atomic E-state index is -3.08. The Morgan fingerprint density at radius 3 is 2.65 bits per heavy atom. The summed E-state index contributed by atoms with van der Waals surface area (Å²) >= 11 is 0. The molecule has 1 aliphatic heterocycles. The molecular formula is C25H32F3N5O. The summed E-state index contributed by atoms with van der Waals surface area (Å²) in [5.41, 5.74) is 0.565. The predicted octanol–water partition coefficient (Wildman–Crippen LogP) is 6.22. The average Bonchev–Trinajstić information content (AvgIpc) is 3.13. The van der Waals surface area contributed by atoms with E-state index >= 15 is 0 Å². The summed E-state index contributed by atoms with van der Waals surface area (Å²) in [7, 11) is 1.67. The highest BCUT2D eigenvalue weighted by Crippen LogP contribution is 2.31. The molecule has 0 amide bonds. The first-order valence-electron chi connectivity index (χ1n) is 11.4. The van der Waals surface area contributed by atoms with Crippen molar-refractivity contribution in [1.29, 1.82) is 0 Å². The van der Waals surface area contributed by atoms with Crippen LogP contribution in [0.4, 0.5) is 30.8 Å². The molecule has 0 unspecified atom stereocenters. The van der Waals surface area contributed by atoms with Gasteiger partial charge in [0.2, 0.25) is 11.9 Å². The number of nitrogens with one attached hydrogen (secondary N) is 1. The van der Waals surface area contributed by atoms with Gasteiger partial charge >= 0.3 is 0 Å². The van der Waals surface area contributed by atoms with Gasteiger partial charge in [0.05, 0.1) is 5.69 Å². The molecule has 184 valence electrons. The maximum Gasteiger partial charge on any atom is 0.270 e. The molecule has 2 aromatic rings. The first kappa shape index (κ1) is 25.4. The van der Waals surface area contributed by atoms with Gasteiger partial charge in [-0.15, -0.1) is 5.10 Å². The van der Waals surface area contributed by atoms with Gasteiger partial charge < -0.3 is 15.0 Å². The van der Waals surface area contributed by atoms with Crippen LogP contribution in [-0.2, 0) is 17.7 Å². The first-order chi connectivity index (χ1) is 16.1. The highest BCUT2D eigenvalue weighted by Gasteiger charge is 2.26. The van der Waals surface area contributed by atoms with Crippen molar-refractivity contribution in [2.24, 2.45) is 7.05 Å². The number of nitrogens with zero attached hydrogens (tertiary/aromatic N) is 4. The first-order valence-corrected chi connectivity index (χ1v) is 11.4. The Morgan fingerprint density at radius 1 is 1.32 bits per heavy atom. The van der Waals surface area contributed by atoms with Gasteiger partial charge in [0.15, 0.2) is 0 Å². The molecule has 6 nitrogen and oxygen atoms in total. The van der Waals surface area contributed by atoms with Crippen LogP contribution in [0.1, 0.15) is 45.6 Å². The van der Waals surface area contributed by atoms with Crippen LogP contribution >= 0.6 is 0 Å². The molecule has 0 spiro atoms. The van der Waals surface area contributed by atoms with Crippen LogP contribution in [0.25, 0.3) is 0 Å². The van der Waals surface area contributed by atoms with Crippen molar-refractivity contribution in [2.45, 2.75) is 52.1 Å². The van der Waals surface area contributed by atoms with E-state index in [1.807, 2.05) is 24.0 Å². The minimum absolute atomic E-state index is 0.0669. The zero-order valence-electron chi connectivity index (χ0n) is 20.1. The fourth-order valence-electron chi connectivity index (χ4n) is 3.59. The number of benzene rings is 1. The van der Waals surface area contributed by atoms with Gasteiger partial charge in [0, 0.05) is 45.5 Å². The summed E-state index contributed by atoms with van der Waals surface area (Å²) in [5.74, 6) is -2.17. The topological polar surface area (TPSA) is 55.2 Å². The molecule has 3 rings (SSSR count). The van der Waals surface area contributed by atoms with Gasteiger partial charge in [-0.05, 0) is 37.6 Å². The van der Waals surface area contributed by atoms with Crippen LogP contribution in [0.15, 0.2) is 54.3 Å². The molecule has 0 aliphatic carbocycles. The van der Waals surface area contributed by atoms with Crippen molar-refractivity contribution in [2.75, 3.05) is 23.3 Å². The van der Waals surface area contributed by atoms with E-state index in [0.717, 1.165) is 55.7 Å². The molecule has 0 atom stereocenters. The Bertz CT molecular complexity index is 1060. The number of hydrogen-bond acceptors (Lipinski definition) is 5. The van der Waals surface area contributed by atoms with Crippen LogP contribution in [0.3, 0.4) is 0 Å². The van der Waals surface area contributed by atoms with E-state index in [0.29, 0.717) is 19.0 Å². The zero-order valence-corrected chi connectivity index (χ0v) is 20.1. The second-order valence-electron chi connectivity index (χ2n) is 8.57. The van der Waals surface area contributed by atoms with E-state index in [1.165, 1.54) is 4.68 Å². The molecule has 1 N–H and O–H groups in total. The number of piperidine rings is 1. The molecule has 1 saturated heterocycles. The smallest absolute Gasteiger partial charge is 0.270 e. The standard InChI is InChI=1S/C25H32F3N5O/c1-6-7-8-20(15-17(2)3)34-19-11-13-33(14-12-19)24-30-23(32(5)31-24)29-22-16-18(25(4,27)28)9-10-21(22)26/h7-10,15-16,19H,2,6,11-14H2,1,3-5H3,(H,29,30,31)/b8-7-,20-15+. The zero-order chi connectivity index (χ0) is 24.9. The predicted molar refractivity (Wildman–Crippen MR) is 129 cm³/mol. The molecule has 0 bridgehead atoms. The number of ether oxygens (including phenoxy) is 1. The maximum atomic E-state index is 14.2. The molecule has 1 aromatic heterocycles. The number of aryl methyl sites for hydroxylation is 1. The summed E-state index contributed by atoms with van der Waals surface area (Å²) in [6, 6.07) is 3.18. The molecule has 9 heteroatoms. The molecule has 1 fully saturated rings. The number of anilines is 3. The van der Waals surface area contributed by atoms with Crippen LogP contribution in [0.5, 0.6) is 0 Å². The second-order valence-corrected chi connectivity index (χ2v) is 8.57. The third-order valence-electron chi connectivity index (χ3n) is 5.41. The van der Waals surface area contributed by atoms with E-state index in [9.17, 15) is 13.2 Å². The lowest BCUT2D eigenvalue weighted by molar-refractivity contribution is 0.0175. The summed E-state index contributed by atoms with van der Waals surface area (Å²) in [6.07, 6.45) is 8.52. The SMILES string of the molecule is C=C(C)/C=C(\C=C/CC)OC1CCN(c2nc(Nc3cc(C(C)(F)F)ccc3F)n(C)n2)CC1. The lowest BCUT2D eigenvalue weighted by atomic mass is 10.1. The third-order valence-corrected chi connectivity index (χ3v) is 5.41. The van der Waals surface area contributed by atoms with Crippen molar-refractivity contribution < 1.29 is 17.9 Å². The van der Waals surface area contributed by atoms with Gasteiger partial charge in [0.25, 0.3) is 5.92 Å². The largest absolute Gasteiger partial charge is 0.490 e. The van der Waals surface area contributed by atoms with E-state index in [-0.39, 0.29) is 23.3 Å². The lowest BCUT2D eigenvalue weighted by Gasteiger charge is -2.31. The number of rotatable bonds is 9. The summed E-state index contributed by atoms with van der Waals surface area (Å²) in [5, 5.41) is 7.21. The van der Waals surface area contributed by atoms with Crippen molar-refractivity contribution >= 4 is 17.6 Å². The molecule has 34 heavy (non-hydrogen) atoms. The number of halogens is 3. The normalized spacial score (nSPS) is 15.7. The van der Waals surface area contributed by atoms with E-state index in [2.05, 4.69) is 35.0 Å². The fourth-order valence-corrected chi connectivity index (χ4v) is 3.59. The third kappa shape index (κ3) is 6.65. The molecule has 1 aliphatic rings. The van der Waals surface area contributed by atoms with Gasteiger partial charge in [0.1, 0.15) is 17.7 Å². The lowest BCUT2D eigenvalue weighted by Crippen LogP contribution is -2.37. The van der Waals surface area contributed by atoms with Gasteiger partial charge in [-0.2, -0.15) is 4.98 Å². The Morgan fingerprint density at radius 2 is 2.03 bits per heavy atom. The van der Waals surface area contributed by atoms with Crippen molar-refractivity contribution in [1.82, 2.24) is 14.8 Å². The van der Waals surface area contributed by atoms with Crippen molar-refractivity contribution in [3.63, 3.8) is 0 Å². The summed E-state index contributed by atoms with van der Waals surface area (Å²) < 4.78 is 49.2. The van der Waals surface area contributed by atoms with Crippen molar-refractivity contribution in [3.05, 3.63) is 65.7 Å². The fraction of sp³-hybridized carbons (Fsp3) is 0.440. The maximum absolute atomic E-state index is 14.2. The van der Waals surface area contributed by atoms with Gasteiger partial charge in [-0.3, -0.25) is 0 Å². The van der Waals surface area contributed by atoms with Crippen molar-refractivity contribution in [3.8, 4) is 0 Å². The highest BCUT2D eigenvalue weighted by molar-refractivity contribution is 5.57. The Kier molecular flexibility index (Phi) is 8.06. The molecule has 0 saturated carbocycles. The average molecular weight is 476 g/mol. The molecule has 0 radical (unpaired) electrons. The molecular weight excluding hydrogens is 443 g/mol. The van der Waals surface area contributed by atoms with Gasteiger partial charge in [-0.25, -0.2) is 17.9 Å². The number of allylic oxidation sites excluding steroid dienone is 4. The van der Waals surface area contributed by atoms with Crippen LogP contribution in [-0.4, -0.2) is 34.0 Å². The Labute approximate surface area is 198 Å². The summed E-state index contributed by atoms with van der Waals surface area (Å²) in [6.45, 7) is 10.1. The van der Waals surface area contributed by atoms with E-state index < -0.39 is 11.7 Å². The second kappa shape index (κ2) is 10.8. The number of hydrogen-bond donors (Lipinski definition) is 1. The Balaban J connectivity index is 1.66. The van der Waals surface area contributed by atoms with E-state index in [1.54, 1.807) is 7.05 Å². The quantitative estimate of drug-likeness (QED) is 0.345. The van der Waals surface area contributed by atoms with Crippen LogP contribution < -0.4 is 10.2 Å². The Hall–Kier alpha value is -3.23. The monoisotopic (exact) mass is 475 g/mol. The van der Waals surface area contributed by atoms with E-state index in [4.69, 9.17) is 4.74 Å². The highest BCUT2D eigenvalue weighted by atomic mass is 19.3. The molecule has 2 heterocycles. The van der Waals surface area contributed by atoms with Crippen LogP contribution in [0.2, 0.25) is 0 Å². The number of alkyl halides is 2.